The number of anilines is 1. The number of fused-ring (bicyclic) bond motifs is 1. The van der Waals surface area contributed by atoms with E-state index in [1.54, 1.807) is 10.8 Å². The van der Waals surface area contributed by atoms with E-state index in [4.69, 9.17) is 4.74 Å². The van der Waals surface area contributed by atoms with E-state index in [1.807, 2.05) is 19.1 Å². The van der Waals surface area contributed by atoms with E-state index in [9.17, 15) is 4.79 Å². The number of hydrogen-bond acceptors (Lipinski definition) is 6. The second-order valence-corrected chi connectivity index (χ2v) is 5.95. The monoisotopic (exact) mass is 332 g/mol. The first-order valence-electron chi connectivity index (χ1n) is 8.55. The maximum absolute atomic E-state index is 12.4. The number of carbonyl (C=O) groups is 1. The summed E-state index contributed by atoms with van der Waals surface area (Å²) < 4.78 is 6.94. The van der Waals surface area contributed by atoms with E-state index in [0.717, 1.165) is 43.9 Å². The third-order valence-electron chi connectivity index (χ3n) is 4.23. The van der Waals surface area contributed by atoms with Crippen LogP contribution in [0, 0.1) is 5.92 Å². The van der Waals surface area contributed by atoms with Gasteiger partial charge in [0.15, 0.2) is 5.65 Å². The second kappa shape index (κ2) is 8.05. The lowest BCUT2D eigenvalue weighted by atomic mass is 9.97. The third-order valence-corrected chi connectivity index (χ3v) is 4.23. The summed E-state index contributed by atoms with van der Waals surface area (Å²) in [6.07, 6.45) is 4.34. The van der Waals surface area contributed by atoms with Gasteiger partial charge >= 0.3 is 0 Å². The van der Waals surface area contributed by atoms with Crippen LogP contribution in [0.3, 0.4) is 0 Å². The second-order valence-electron chi connectivity index (χ2n) is 5.95. The molecule has 0 bridgehead atoms. The Morgan fingerprint density at radius 1 is 1.46 bits per heavy atom. The predicted molar refractivity (Wildman–Crippen MR) is 89.8 cm³/mol. The van der Waals surface area contributed by atoms with Crippen LogP contribution in [0.1, 0.15) is 26.2 Å². The first kappa shape index (κ1) is 16.6. The average molecular weight is 332 g/mol. The van der Waals surface area contributed by atoms with Crippen molar-refractivity contribution < 1.29 is 9.53 Å². The minimum absolute atomic E-state index is 0.00394. The Morgan fingerprint density at radius 3 is 3.25 bits per heavy atom. The van der Waals surface area contributed by atoms with Crippen LogP contribution < -0.4 is 10.2 Å². The highest BCUT2D eigenvalue weighted by molar-refractivity contribution is 5.79. The lowest BCUT2D eigenvalue weighted by Crippen LogP contribution is -2.43. The van der Waals surface area contributed by atoms with E-state index in [0.29, 0.717) is 19.7 Å². The zero-order valence-electron chi connectivity index (χ0n) is 14.0. The molecule has 1 aliphatic heterocycles. The molecule has 8 nitrogen and oxygen atoms in total. The Kier molecular flexibility index (Phi) is 5.58. The number of carbonyl (C=O) groups excluding carboxylic acids is 1. The van der Waals surface area contributed by atoms with Crippen LogP contribution in [0.4, 0.5) is 5.82 Å². The van der Waals surface area contributed by atoms with Crippen molar-refractivity contribution in [2.24, 2.45) is 5.92 Å². The average Bonchev–Trinajstić information content (AvgIpc) is 3.09. The van der Waals surface area contributed by atoms with Crippen LogP contribution in [0.5, 0.6) is 0 Å². The van der Waals surface area contributed by atoms with Gasteiger partial charge in [0.2, 0.25) is 5.91 Å². The van der Waals surface area contributed by atoms with Gasteiger partial charge in [0, 0.05) is 32.8 Å². The van der Waals surface area contributed by atoms with Gasteiger partial charge in [-0.25, -0.2) is 0 Å². The molecule has 2 aromatic rings. The molecule has 24 heavy (non-hydrogen) atoms. The van der Waals surface area contributed by atoms with Crippen LogP contribution in [-0.2, 0) is 9.53 Å². The topological polar surface area (TPSA) is 84.6 Å². The number of hydrogen-bond donors (Lipinski definition) is 1. The van der Waals surface area contributed by atoms with E-state index >= 15 is 0 Å². The molecule has 1 fully saturated rings. The maximum atomic E-state index is 12.4. The van der Waals surface area contributed by atoms with E-state index in [2.05, 4.69) is 25.5 Å². The molecule has 2 aromatic heterocycles. The van der Waals surface area contributed by atoms with Gasteiger partial charge in [-0.1, -0.05) is 0 Å². The molecule has 8 heteroatoms. The number of amides is 1. The summed E-state index contributed by atoms with van der Waals surface area (Å²) in [7, 11) is 0. The normalized spacial score (nSPS) is 18.0. The van der Waals surface area contributed by atoms with E-state index < -0.39 is 0 Å². The number of aromatic nitrogens is 4. The van der Waals surface area contributed by atoms with Gasteiger partial charge < -0.3 is 15.0 Å². The summed E-state index contributed by atoms with van der Waals surface area (Å²) in [5.41, 5.74) is 0.722. The molecule has 1 amide bonds. The van der Waals surface area contributed by atoms with E-state index in [-0.39, 0.29) is 11.8 Å². The quantitative estimate of drug-likeness (QED) is 0.758. The predicted octanol–water partition coefficient (Wildman–Crippen LogP) is 0.883. The molecule has 1 N–H and O–H groups in total. The first-order chi connectivity index (χ1) is 11.8. The number of ether oxygens (including phenoxy) is 1. The summed E-state index contributed by atoms with van der Waals surface area (Å²) in [6.45, 7) is 5.65. The fraction of sp³-hybridized carbons (Fsp3) is 0.625. The molecular formula is C16H24N6O2. The Morgan fingerprint density at radius 2 is 2.38 bits per heavy atom. The SMILES string of the molecule is CCOCCCNC(=O)C1CCCN(c2ccc3nncn3n2)C1. The summed E-state index contributed by atoms with van der Waals surface area (Å²) in [6, 6.07) is 3.83. The number of nitrogens with zero attached hydrogens (tertiary/aromatic N) is 5. The molecule has 1 aliphatic rings. The smallest absolute Gasteiger partial charge is 0.224 e. The van der Waals surface area contributed by atoms with Gasteiger partial charge in [-0.15, -0.1) is 15.3 Å². The van der Waals surface area contributed by atoms with Crippen LogP contribution >= 0.6 is 0 Å². The van der Waals surface area contributed by atoms with Gasteiger partial charge in [-0.2, -0.15) is 4.52 Å². The minimum atomic E-state index is 0.00394. The molecule has 3 heterocycles. The molecule has 0 aliphatic carbocycles. The zero-order valence-corrected chi connectivity index (χ0v) is 14.0. The molecule has 1 atom stereocenters. The Balaban J connectivity index is 1.54. The molecule has 0 radical (unpaired) electrons. The van der Waals surface area contributed by atoms with Crippen LogP contribution in [0.15, 0.2) is 18.5 Å². The highest BCUT2D eigenvalue weighted by Gasteiger charge is 2.26. The molecule has 0 aromatic carbocycles. The highest BCUT2D eigenvalue weighted by atomic mass is 16.5. The molecule has 0 spiro atoms. The van der Waals surface area contributed by atoms with Gasteiger partial charge in [0.25, 0.3) is 0 Å². The summed E-state index contributed by atoms with van der Waals surface area (Å²) in [5.74, 6) is 0.988. The van der Waals surface area contributed by atoms with Crippen molar-refractivity contribution in [3.05, 3.63) is 18.5 Å². The molecular weight excluding hydrogens is 308 g/mol. The summed E-state index contributed by atoms with van der Waals surface area (Å²) >= 11 is 0. The number of piperidine rings is 1. The van der Waals surface area contributed by atoms with Crippen molar-refractivity contribution in [1.29, 1.82) is 0 Å². The van der Waals surface area contributed by atoms with Crippen molar-refractivity contribution in [3.8, 4) is 0 Å². The van der Waals surface area contributed by atoms with Crippen molar-refractivity contribution in [3.63, 3.8) is 0 Å². The van der Waals surface area contributed by atoms with Crippen molar-refractivity contribution in [2.75, 3.05) is 37.7 Å². The highest BCUT2D eigenvalue weighted by Crippen LogP contribution is 2.21. The maximum Gasteiger partial charge on any atom is 0.224 e. The molecule has 130 valence electrons. The van der Waals surface area contributed by atoms with Crippen molar-refractivity contribution in [2.45, 2.75) is 26.2 Å². The number of rotatable bonds is 7. The fourth-order valence-corrected chi connectivity index (χ4v) is 2.96. The van der Waals surface area contributed by atoms with E-state index in [1.165, 1.54) is 0 Å². The summed E-state index contributed by atoms with van der Waals surface area (Å²) in [5, 5.41) is 15.3. The van der Waals surface area contributed by atoms with Crippen LogP contribution in [0.2, 0.25) is 0 Å². The van der Waals surface area contributed by atoms with Crippen molar-refractivity contribution >= 4 is 17.4 Å². The largest absolute Gasteiger partial charge is 0.382 e. The lowest BCUT2D eigenvalue weighted by Gasteiger charge is -2.32. The Labute approximate surface area is 141 Å². The Bertz CT molecular complexity index is 673. The fourth-order valence-electron chi connectivity index (χ4n) is 2.96. The van der Waals surface area contributed by atoms with Crippen molar-refractivity contribution in [1.82, 2.24) is 25.1 Å². The standard InChI is InChI=1S/C16H24N6O2/c1-2-24-10-4-8-17-16(23)13-5-3-9-21(11-13)15-7-6-14-19-18-12-22(14)20-15/h6-7,12-13H,2-5,8-11H2,1H3,(H,17,23). The van der Waals surface area contributed by atoms with Gasteiger partial charge in [0.1, 0.15) is 12.1 Å². The minimum Gasteiger partial charge on any atom is -0.382 e. The van der Waals surface area contributed by atoms with Gasteiger partial charge in [-0.05, 0) is 38.3 Å². The zero-order chi connectivity index (χ0) is 16.8. The summed E-state index contributed by atoms with van der Waals surface area (Å²) in [4.78, 5) is 14.5. The lowest BCUT2D eigenvalue weighted by molar-refractivity contribution is -0.125. The Hall–Kier alpha value is -2.22. The first-order valence-corrected chi connectivity index (χ1v) is 8.55. The molecule has 1 saturated heterocycles. The molecule has 0 saturated carbocycles. The molecule has 1 unspecified atom stereocenters. The number of nitrogens with one attached hydrogen (secondary N) is 1. The van der Waals surface area contributed by atoms with Crippen LogP contribution in [0.25, 0.3) is 5.65 Å². The van der Waals surface area contributed by atoms with Gasteiger partial charge in [0.05, 0.1) is 5.92 Å². The molecule has 3 rings (SSSR count). The van der Waals surface area contributed by atoms with Gasteiger partial charge in [-0.3, -0.25) is 4.79 Å². The third kappa shape index (κ3) is 4.00. The van der Waals surface area contributed by atoms with Crippen LogP contribution in [-0.4, -0.2) is 58.6 Å².